The van der Waals surface area contributed by atoms with Gasteiger partial charge in [-0.2, -0.15) is 0 Å². The lowest BCUT2D eigenvalue weighted by Crippen LogP contribution is -2.41. The SMILES string of the molecule is CC(C)CNC[C@H](O)C(=O)NOCc1ccccc1. The second-order valence-electron chi connectivity index (χ2n) is 4.81. The number of benzene rings is 1. The smallest absolute Gasteiger partial charge is 0.273 e. The third-order valence-electron chi connectivity index (χ3n) is 2.45. The van der Waals surface area contributed by atoms with Gasteiger partial charge >= 0.3 is 0 Å². The second kappa shape index (κ2) is 8.63. The molecule has 5 heteroatoms. The monoisotopic (exact) mass is 266 g/mol. The minimum Gasteiger partial charge on any atom is -0.382 e. The number of aliphatic hydroxyl groups is 1. The van der Waals surface area contributed by atoms with Crippen LogP contribution in [0.15, 0.2) is 30.3 Å². The first-order chi connectivity index (χ1) is 9.09. The number of carbonyl (C=O) groups is 1. The molecule has 1 atom stereocenters. The van der Waals surface area contributed by atoms with Crippen molar-refractivity contribution in [2.24, 2.45) is 5.92 Å². The van der Waals surface area contributed by atoms with Gasteiger partial charge < -0.3 is 10.4 Å². The molecule has 0 bridgehead atoms. The maximum atomic E-state index is 11.5. The predicted molar refractivity (Wildman–Crippen MR) is 73.1 cm³/mol. The normalized spacial score (nSPS) is 12.4. The van der Waals surface area contributed by atoms with Gasteiger partial charge in [-0.15, -0.1) is 0 Å². The highest BCUT2D eigenvalue weighted by Gasteiger charge is 2.14. The van der Waals surface area contributed by atoms with Crippen molar-refractivity contribution in [2.45, 2.75) is 26.6 Å². The molecule has 0 aliphatic heterocycles. The highest BCUT2D eigenvalue weighted by molar-refractivity contribution is 5.79. The lowest BCUT2D eigenvalue weighted by atomic mass is 10.2. The zero-order valence-electron chi connectivity index (χ0n) is 11.4. The Balaban J connectivity index is 2.16. The van der Waals surface area contributed by atoms with Crippen LogP contribution in [0.1, 0.15) is 19.4 Å². The van der Waals surface area contributed by atoms with E-state index < -0.39 is 12.0 Å². The molecule has 106 valence electrons. The van der Waals surface area contributed by atoms with Crippen LogP contribution in [0.3, 0.4) is 0 Å². The van der Waals surface area contributed by atoms with Crippen LogP contribution >= 0.6 is 0 Å². The second-order valence-corrected chi connectivity index (χ2v) is 4.81. The molecule has 5 nitrogen and oxygen atoms in total. The van der Waals surface area contributed by atoms with Gasteiger partial charge in [0.2, 0.25) is 0 Å². The van der Waals surface area contributed by atoms with Crippen LogP contribution in [-0.2, 0) is 16.2 Å². The van der Waals surface area contributed by atoms with Crippen molar-refractivity contribution in [3.8, 4) is 0 Å². The molecule has 1 rings (SSSR count). The van der Waals surface area contributed by atoms with E-state index in [4.69, 9.17) is 4.84 Å². The fourth-order valence-corrected chi connectivity index (χ4v) is 1.43. The minimum absolute atomic E-state index is 0.221. The number of hydroxylamine groups is 1. The van der Waals surface area contributed by atoms with E-state index in [1.807, 2.05) is 30.3 Å². The van der Waals surface area contributed by atoms with Crippen molar-refractivity contribution >= 4 is 5.91 Å². The highest BCUT2D eigenvalue weighted by Crippen LogP contribution is 1.99. The van der Waals surface area contributed by atoms with Gasteiger partial charge in [-0.05, 0) is 18.0 Å². The van der Waals surface area contributed by atoms with E-state index in [0.717, 1.165) is 12.1 Å². The molecule has 0 aliphatic carbocycles. The summed E-state index contributed by atoms with van der Waals surface area (Å²) >= 11 is 0. The minimum atomic E-state index is -1.10. The molecule has 0 saturated carbocycles. The maximum Gasteiger partial charge on any atom is 0.273 e. The van der Waals surface area contributed by atoms with E-state index >= 15 is 0 Å². The summed E-state index contributed by atoms with van der Waals surface area (Å²) in [7, 11) is 0. The van der Waals surface area contributed by atoms with Crippen molar-refractivity contribution < 1.29 is 14.7 Å². The Morgan fingerprint density at radius 3 is 2.58 bits per heavy atom. The molecular formula is C14H22N2O3. The Kier molecular flexibility index (Phi) is 7.10. The third-order valence-corrected chi connectivity index (χ3v) is 2.45. The van der Waals surface area contributed by atoms with Crippen LogP contribution in [0.5, 0.6) is 0 Å². The lowest BCUT2D eigenvalue weighted by Gasteiger charge is -2.13. The van der Waals surface area contributed by atoms with Crippen LogP contribution in [0.2, 0.25) is 0 Å². The topological polar surface area (TPSA) is 70.6 Å². The summed E-state index contributed by atoms with van der Waals surface area (Å²) in [5, 5.41) is 12.6. The average Bonchev–Trinajstić information content (AvgIpc) is 2.39. The summed E-state index contributed by atoms with van der Waals surface area (Å²) in [5.41, 5.74) is 3.19. The standard InChI is InChI=1S/C14H22N2O3/c1-11(2)8-15-9-13(17)14(18)16-19-10-12-6-4-3-5-7-12/h3-7,11,13,15,17H,8-10H2,1-2H3,(H,16,18)/t13-/m0/s1. The zero-order chi connectivity index (χ0) is 14.1. The van der Waals surface area contributed by atoms with Gasteiger partial charge in [0.1, 0.15) is 6.10 Å². The summed E-state index contributed by atoms with van der Waals surface area (Å²) in [6, 6.07) is 9.49. The summed E-state index contributed by atoms with van der Waals surface area (Å²) in [5.74, 6) is -0.0585. The molecule has 0 aliphatic rings. The zero-order valence-corrected chi connectivity index (χ0v) is 11.4. The van der Waals surface area contributed by atoms with Crippen molar-refractivity contribution in [3.63, 3.8) is 0 Å². The van der Waals surface area contributed by atoms with Crippen molar-refractivity contribution in [2.75, 3.05) is 13.1 Å². The van der Waals surface area contributed by atoms with Gasteiger partial charge in [-0.3, -0.25) is 9.63 Å². The number of hydrogen-bond acceptors (Lipinski definition) is 4. The van der Waals surface area contributed by atoms with E-state index in [1.54, 1.807) is 0 Å². The molecule has 0 spiro atoms. The Bertz CT molecular complexity index is 368. The molecule has 19 heavy (non-hydrogen) atoms. The number of amides is 1. The van der Waals surface area contributed by atoms with Gasteiger partial charge in [0, 0.05) is 6.54 Å². The third kappa shape index (κ3) is 6.91. The van der Waals surface area contributed by atoms with Crippen LogP contribution in [0.25, 0.3) is 0 Å². The highest BCUT2D eigenvalue weighted by atomic mass is 16.7. The van der Waals surface area contributed by atoms with Gasteiger partial charge in [-0.1, -0.05) is 44.2 Å². The van der Waals surface area contributed by atoms with Crippen LogP contribution in [0.4, 0.5) is 0 Å². The van der Waals surface area contributed by atoms with Gasteiger partial charge in [0.25, 0.3) is 5.91 Å². The fraction of sp³-hybridized carbons (Fsp3) is 0.500. The molecule has 0 radical (unpaired) electrons. The Morgan fingerprint density at radius 2 is 1.95 bits per heavy atom. The molecule has 1 aromatic rings. The van der Waals surface area contributed by atoms with Gasteiger partial charge in [0.05, 0.1) is 6.61 Å². The summed E-state index contributed by atoms with van der Waals surface area (Å²) < 4.78 is 0. The van der Waals surface area contributed by atoms with E-state index in [1.165, 1.54) is 0 Å². The average molecular weight is 266 g/mol. The summed E-state index contributed by atoms with van der Waals surface area (Å²) in [6.45, 7) is 5.37. The fourth-order valence-electron chi connectivity index (χ4n) is 1.43. The molecular weight excluding hydrogens is 244 g/mol. The lowest BCUT2D eigenvalue weighted by molar-refractivity contribution is -0.143. The molecule has 0 fully saturated rings. The van der Waals surface area contributed by atoms with E-state index in [2.05, 4.69) is 24.6 Å². The molecule has 0 heterocycles. The van der Waals surface area contributed by atoms with Crippen molar-refractivity contribution in [3.05, 3.63) is 35.9 Å². The molecule has 0 unspecified atom stereocenters. The summed E-state index contributed by atoms with van der Waals surface area (Å²) in [4.78, 5) is 16.5. The first-order valence-electron chi connectivity index (χ1n) is 6.44. The molecule has 0 saturated heterocycles. The molecule has 1 aromatic carbocycles. The quantitative estimate of drug-likeness (QED) is 0.610. The van der Waals surface area contributed by atoms with Gasteiger partial charge in [0.15, 0.2) is 0 Å². The van der Waals surface area contributed by atoms with Crippen LogP contribution in [-0.4, -0.2) is 30.2 Å². The Morgan fingerprint density at radius 1 is 1.26 bits per heavy atom. The molecule has 3 N–H and O–H groups in total. The largest absolute Gasteiger partial charge is 0.382 e. The predicted octanol–water partition coefficient (Wildman–Crippen LogP) is 0.841. The van der Waals surface area contributed by atoms with E-state index in [9.17, 15) is 9.90 Å². The first kappa shape index (κ1) is 15.6. The number of hydrogen-bond donors (Lipinski definition) is 3. The van der Waals surface area contributed by atoms with Crippen molar-refractivity contribution in [1.29, 1.82) is 0 Å². The first-order valence-corrected chi connectivity index (χ1v) is 6.44. The van der Waals surface area contributed by atoms with Crippen molar-refractivity contribution in [1.82, 2.24) is 10.8 Å². The Hall–Kier alpha value is -1.43. The maximum absolute atomic E-state index is 11.5. The number of rotatable bonds is 8. The number of carbonyl (C=O) groups excluding carboxylic acids is 1. The number of nitrogens with one attached hydrogen (secondary N) is 2. The Labute approximate surface area is 113 Å². The van der Waals surface area contributed by atoms with E-state index in [-0.39, 0.29) is 13.2 Å². The summed E-state index contributed by atoms with van der Waals surface area (Å²) in [6.07, 6.45) is -1.10. The number of aliphatic hydroxyl groups excluding tert-OH is 1. The van der Waals surface area contributed by atoms with Crippen LogP contribution in [0, 0.1) is 5.92 Å². The van der Waals surface area contributed by atoms with Gasteiger partial charge in [-0.25, -0.2) is 5.48 Å². The van der Waals surface area contributed by atoms with E-state index in [0.29, 0.717) is 5.92 Å². The molecule has 0 aromatic heterocycles. The van der Waals surface area contributed by atoms with Crippen LogP contribution < -0.4 is 10.8 Å². The molecule has 1 amide bonds.